The fraction of sp³-hybridized carbons (Fsp3) is 0.487. The van der Waals surface area contributed by atoms with E-state index in [0.29, 0.717) is 0 Å². The van der Waals surface area contributed by atoms with Gasteiger partial charge in [-0.05, 0) is 59.7 Å². The minimum atomic E-state index is -2.77. The number of hydrogen-bond donors (Lipinski definition) is 2. The van der Waals surface area contributed by atoms with Gasteiger partial charge in [-0.25, -0.2) is 0 Å². The lowest BCUT2D eigenvalue weighted by atomic mass is 9.78. The minimum absolute atomic E-state index is 0.128. The van der Waals surface area contributed by atoms with E-state index < -0.39 is 21.9 Å². The van der Waals surface area contributed by atoms with Crippen LogP contribution in [0.25, 0.3) is 0 Å². The zero-order valence-electron chi connectivity index (χ0n) is 28.0. The number of aliphatic hydroxyl groups is 2. The second-order valence-corrected chi connectivity index (χ2v) is 25.9. The van der Waals surface area contributed by atoms with Gasteiger partial charge in [-0.1, -0.05) is 162 Å². The summed E-state index contributed by atoms with van der Waals surface area (Å²) >= 11 is 0. The van der Waals surface area contributed by atoms with Gasteiger partial charge >= 0.3 is 0 Å². The maximum absolute atomic E-state index is 13.1. The van der Waals surface area contributed by atoms with Gasteiger partial charge < -0.3 is 10.2 Å². The Hall–Kier alpha value is -2.25. The van der Waals surface area contributed by atoms with Gasteiger partial charge in [0, 0.05) is 11.6 Å². The highest BCUT2D eigenvalue weighted by Gasteiger charge is 2.54. The number of rotatable bonds is 10. The van der Waals surface area contributed by atoms with Crippen LogP contribution in [0.4, 0.5) is 0 Å². The standard InChI is InChI=1S/C39H56O2Si2/c1-38(2,3)42(7,8)36(40)29-28-33(30-20-12-9-13-21-30)34-26-18-19-27-35(34)37(41)43(39(4,5)6,31-22-14-10-15-23-31)32-24-16-11-17-25-32/h9-17,20-25,33,36-37,40-41H,18-19,26-29H2,1-8H3. The number of allylic oxidation sites excluding steroid dienone is 1. The van der Waals surface area contributed by atoms with Gasteiger partial charge in [0.1, 0.15) is 0 Å². The first-order valence-electron chi connectivity index (χ1n) is 16.5. The summed E-state index contributed by atoms with van der Waals surface area (Å²) in [7, 11) is -4.68. The Bertz CT molecular complexity index is 1300. The molecule has 43 heavy (non-hydrogen) atoms. The fourth-order valence-corrected chi connectivity index (χ4v) is 15.2. The molecule has 2 N–H and O–H groups in total. The van der Waals surface area contributed by atoms with Crippen LogP contribution in [-0.4, -0.2) is 37.8 Å². The Balaban J connectivity index is 1.90. The highest BCUT2D eigenvalue weighted by atomic mass is 28.3. The molecule has 4 heteroatoms. The van der Waals surface area contributed by atoms with Crippen LogP contribution in [0.3, 0.4) is 0 Å². The summed E-state index contributed by atoms with van der Waals surface area (Å²) in [6.45, 7) is 18.6. The summed E-state index contributed by atoms with van der Waals surface area (Å²) in [5.41, 5.74) is 3.21. The maximum atomic E-state index is 13.1. The Kier molecular flexibility index (Phi) is 10.5. The van der Waals surface area contributed by atoms with E-state index in [9.17, 15) is 10.2 Å². The van der Waals surface area contributed by atoms with E-state index in [1.165, 1.54) is 27.1 Å². The largest absolute Gasteiger partial charge is 0.397 e. The smallest absolute Gasteiger partial charge is 0.158 e. The zero-order chi connectivity index (χ0) is 31.5. The predicted octanol–water partition coefficient (Wildman–Crippen LogP) is 8.79. The molecule has 0 bridgehead atoms. The van der Waals surface area contributed by atoms with E-state index in [-0.39, 0.29) is 21.7 Å². The molecule has 232 valence electrons. The average Bonchev–Trinajstić information content (AvgIpc) is 2.98. The molecule has 1 aliphatic carbocycles. The van der Waals surface area contributed by atoms with Crippen molar-refractivity contribution in [1.82, 2.24) is 0 Å². The summed E-state index contributed by atoms with van der Waals surface area (Å²) in [5, 5.41) is 27.3. The molecule has 3 aromatic carbocycles. The first kappa shape index (κ1) is 33.6. The second-order valence-electron chi connectivity index (χ2n) is 15.5. The van der Waals surface area contributed by atoms with Gasteiger partial charge in [0.05, 0.1) is 13.8 Å². The molecule has 0 spiro atoms. The lowest BCUT2D eigenvalue weighted by Crippen LogP contribution is -2.72. The number of hydrogen-bond acceptors (Lipinski definition) is 2. The molecule has 0 aromatic heterocycles. The Morgan fingerprint density at radius 2 is 1.05 bits per heavy atom. The Morgan fingerprint density at radius 3 is 1.49 bits per heavy atom. The van der Waals surface area contributed by atoms with Crippen LogP contribution < -0.4 is 10.4 Å². The molecule has 3 aromatic rings. The average molecular weight is 613 g/mol. The molecule has 0 heterocycles. The molecule has 4 rings (SSSR count). The van der Waals surface area contributed by atoms with Crippen LogP contribution >= 0.6 is 0 Å². The molecule has 0 amide bonds. The van der Waals surface area contributed by atoms with Gasteiger partial charge in [0.25, 0.3) is 0 Å². The summed E-state index contributed by atoms with van der Waals surface area (Å²) in [4.78, 5) is 0. The number of aliphatic hydroxyl groups excluding tert-OH is 2. The van der Waals surface area contributed by atoms with Crippen molar-refractivity contribution >= 4 is 26.5 Å². The quantitative estimate of drug-likeness (QED) is 0.177. The van der Waals surface area contributed by atoms with Crippen molar-refractivity contribution in [3.63, 3.8) is 0 Å². The first-order chi connectivity index (χ1) is 20.2. The van der Waals surface area contributed by atoms with Crippen molar-refractivity contribution in [3.8, 4) is 0 Å². The monoisotopic (exact) mass is 612 g/mol. The molecule has 0 radical (unpaired) electrons. The third-order valence-corrected chi connectivity index (χ3v) is 22.9. The normalized spacial score (nSPS) is 17.4. The van der Waals surface area contributed by atoms with Crippen LogP contribution in [0, 0.1) is 0 Å². The molecule has 3 unspecified atom stereocenters. The van der Waals surface area contributed by atoms with Crippen molar-refractivity contribution in [2.75, 3.05) is 0 Å². The summed E-state index contributed by atoms with van der Waals surface area (Å²) in [6.07, 6.45) is 5.92. The Morgan fingerprint density at radius 1 is 0.605 bits per heavy atom. The number of benzene rings is 3. The van der Waals surface area contributed by atoms with Crippen molar-refractivity contribution in [3.05, 3.63) is 108 Å². The van der Waals surface area contributed by atoms with Crippen molar-refractivity contribution in [2.24, 2.45) is 0 Å². The zero-order valence-corrected chi connectivity index (χ0v) is 30.0. The summed E-state index contributed by atoms with van der Waals surface area (Å²) in [6, 6.07) is 32.7. The lowest BCUT2D eigenvalue weighted by Gasteiger charge is -2.49. The first-order valence-corrected chi connectivity index (χ1v) is 21.6. The van der Waals surface area contributed by atoms with Gasteiger partial charge in [0.2, 0.25) is 0 Å². The van der Waals surface area contributed by atoms with Crippen LogP contribution in [0.5, 0.6) is 0 Å². The predicted molar refractivity (Wildman–Crippen MR) is 191 cm³/mol. The van der Waals surface area contributed by atoms with Crippen LogP contribution in [0.2, 0.25) is 23.2 Å². The third-order valence-electron chi connectivity index (χ3n) is 11.1. The molecule has 0 aliphatic heterocycles. The van der Waals surface area contributed by atoms with Crippen molar-refractivity contribution in [1.29, 1.82) is 0 Å². The van der Waals surface area contributed by atoms with Gasteiger partial charge in [0.15, 0.2) is 8.07 Å². The van der Waals surface area contributed by atoms with E-state index in [4.69, 9.17) is 0 Å². The van der Waals surface area contributed by atoms with Gasteiger partial charge in [-0.15, -0.1) is 0 Å². The molecule has 0 saturated carbocycles. The molecule has 0 fully saturated rings. The highest BCUT2D eigenvalue weighted by Crippen LogP contribution is 2.47. The van der Waals surface area contributed by atoms with Crippen LogP contribution in [0.1, 0.15) is 91.5 Å². The van der Waals surface area contributed by atoms with E-state index >= 15 is 0 Å². The minimum Gasteiger partial charge on any atom is -0.397 e. The van der Waals surface area contributed by atoms with Gasteiger partial charge in [-0.3, -0.25) is 0 Å². The van der Waals surface area contributed by atoms with E-state index in [2.05, 4.69) is 146 Å². The SMILES string of the molecule is CC(C)(C)[Si](C)(C)C(O)CCC(C1=C(C(O)[Si](c2ccccc2)(c2ccccc2)C(C)(C)C)CCCC1)c1ccccc1. The Labute approximate surface area is 264 Å². The maximum Gasteiger partial charge on any atom is 0.158 e. The summed E-state index contributed by atoms with van der Waals surface area (Å²) in [5.74, 6) is 0.198. The topological polar surface area (TPSA) is 40.5 Å². The molecule has 3 atom stereocenters. The molecule has 0 saturated heterocycles. The van der Waals surface area contributed by atoms with Gasteiger partial charge in [-0.2, -0.15) is 0 Å². The second kappa shape index (κ2) is 13.4. The van der Waals surface area contributed by atoms with E-state index in [0.717, 1.165) is 38.5 Å². The summed E-state index contributed by atoms with van der Waals surface area (Å²) < 4.78 is 0. The van der Waals surface area contributed by atoms with Crippen molar-refractivity contribution < 1.29 is 10.2 Å². The molecular formula is C39H56O2Si2. The molecule has 2 nitrogen and oxygen atoms in total. The molecule has 1 aliphatic rings. The fourth-order valence-electron chi connectivity index (χ4n) is 7.50. The van der Waals surface area contributed by atoms with Crippen molar-refractivity contribution in [2.45, 2.75) is 121 Å². The lowest BCUT2D eigenvalue weighted by molar-refractivity contribution is 0.220. The van der Waals surface area contributed by atoms with Crippen LogP contribution in [-0.2, 0) is 0 Å². The van der Waals surface area contributed by atoms with Crippen LogP contribution in [0.15, 0.2) is 102 Å². The molecular weight excluding hydrogens is 557 g/mol. The van der Waals surface area contributed by atoms with E-state index in [1.54, 1.807) is 0 Å². The highest BCUT2D eigenvalue weighted by molar-refractivity contribution is 7.05. The van der Waals surface area contributed by atoms with E-state index in [1.807, 2.05) is 0 Å². The third kappa shape index (κ3) is 6.73.